The molecule has 1 aliphatic heterocycles. The van der Waals surface area contributed by atoms with E-state index in [1.54, 1.807) is 18.3 Å². The van der Waals surface area contributed by atoms with Crippen LogP contribution in [0.15, 0.2) is 48.7 Å². The van der Waals surface area contributed by atoms with E-state index in [0.29, 0.717) is 28.3 Å². The number of carboxylic acids is 1. The first-order valence-electron chi connectivity index (χ1n) is 8.80. The average molecular weight is 405 g/mol. The first-order chi connectivity index (χ1) is 14.4. The van der Waals surface area contributed by atoms with Crippen molar-refractivity contribution >= 4 is 34.9 Å². The number of aromatic amines is 1. The molecule has 4 rings (SSSR count). The zero-order chi connectivity index (χ0) is 21.4. The molecule has 150 valence electrons. The van der Waals surface area contributed by atoms with Gasteiger partial charge in [-0.3, -0.25) is 14.9 Å². The summed E-state index contributed by atoms with van der Waals surface area (Å²) in [5.41, 5.74) is 2.07. The first-order valence-corrected chi connectivity index (χ1v) is 8.80. The Morgan fingerprint density at radius 2 is 1.87 bits per heavy atom. The molecule has 3 N–H and O–H groups in total. The Bertz CT molecular complexity index is 1220. The normalized spacial score (nSPS) is 13.8. The fraction of sp³-hybridized carbons (Fsp3) is 0.0476. The lowest BCUT2D eigenvalue weighted by molar-refractivity contribution is -0.384. The number of aromatic nitrogens is 1. The molecule has 1 aliphatic rings. The van der Waals surface area contributed by atoms with Crippen molar-refractivity contribution in [2.24, 2.45) is 0 Å². The van der Waals surface area contributed by atoms with Gasteiger partial charge in [-0.2, -0.15) is 0 Å². The number of carboxylic acid groups (broad SMARTS) is 1. The summed E-state index contributed by atoms with van der Waals surface area (Å²) in [5.74, 6) is -1.00. The van der Waals surface area contributed by atoms with Crippen molar-refractivity contribution < 1.29 is 24.4 Å². The molecule has 0 atom stereocenters. The molecule has 2 heterocycles. The van der Waals surface area contributed by atoms with Crippen LogP contribution < -0.4 is 10.1 Å². The molecule has 9 heteroatoms. The van der Waals surface area contributed by atoms with Crippen molar-refractivity contribution in [2.75, 3.05) is 12.4 Å². The van der Waals surface area contributed by atoms with Gasteiger partial charge in [-0.15, -0.1) is 0 Å². The monoisotopic (exact) mass is 405 g/mol. The predicted octanol–water partition coefficient (Wildman–Crippen LogP) is 3.79. The lowest BCUT2D eigenvalue weighted by atomic mass is 9.92. The van der Waals surface area contributed by atoms with Crippen LogP contribution in [0.3, 0.4) is 0 Å². The van der Waals surface area contributed by atoms with Crippen molar-refractivity contribution in [3.05, 3.63) is 75.6 Å². The van der Waals surface area contributed by atoms with Crippen LogP contribution in [0.5, 0.6) is 5.75 Å². The molecule has 2 aromatic carbocycles. The molecule has 3 aromatic rings. The van der Waals surface area contributed by atoms with Gasteiger partial charge >= 0.3 is 5.97 Å². The minimum Gasteiger partial charge on any atom is -0.495 e. The first kappa shape index (κ1) is 18.9. The van der Waals surface area contributed by atoms with E-state index >= 15 is 0 Å². The fourth-order valence-corrected chi connectivity index (χ4v) is 3.44. The van der Waals surface area contributed by atoms with Gasteiger partial charge in [-0.05, 0) is 35.9 Å². The maximum atomic E-state index is 12.7. The van der Waals surface area contributed by atoms with Crippen LogP contribution in [0.2, 0.25) is 0 Å². The van der Waals surface area contributed by atoms with Crippen LogP contribution in [0, 0.1) is 10.1 Å². The number of hydrogen-bond donors (Lipinski definition) is 3. The molecule has 0 bridgehead atoms. The second-order valence-electron chi connectivity index (χ2n) is 6.49. The summed E-state index contributed by atoms with van der Waals surface area (Å²) in [4.78, 5) is 38.0. The molecule has 9 nitrogen and oxygen atoms in total. The number of carbonyl (C=O) groups excluding carboxylic acids is 1. The summed E-state index contributed by atoms with van der Waals surface area (Å²) in [6, 6.07) is 10.2. The van der Waals surface area contributed by atoms with Crippen molar-refractivity contribution in [1.29, 1.82) is 0 Å². The van der Waals surface area contributed by atoms with Gasteiger partial charge in [0.15, 0.2) is 0 Å². The van der Waals surface area contributed by atoms with Crippen molar-refractivity contribution in [1.82, 2.24) is 4.98 Å². The van der Waals surface area contributed by atoms with E-state index in [1.165, 1.54) is 43.5 Å². The van der Waals surface area contributed by atoms with E-state index in [-0.39, 0.29) is 22.4 Å². The molecule has 0 aliphatic carbocycles. The summed E-state index contributed by atoms with van der Waals surface area (Å²) < 4.78 is 5.26. The summed E-state index contributed by atoms with van der Waals surface area (Å²) in [6.45, 7) is 0. The Morgan fingerprint density at radius 3 is 2.50 bits per heavy atom. The number of hydrogen-bond acceptors (Lipinski definition) is 5. The number of rotatable bonds is 5. The largest absolute Gasteiger partial charge is 0.495 e. The van der Waals surface area contributed by atoms with Crippen molar-refractivity contribution in [3.63, 3.8) is 0 Å². The molecule has 1 aromatic heterocycles. The van der Waals surface area contributed by atoms with E-state index in [4.69, 9.17) is 9.84 Å². The highest BCUT2D eigenvalue weighted by Crippen LogP contribution is 2.45. The second kappa shape index (κ2) is 7.21. The van der Waals surface area contributed by atoms with Crippen LogP contribution in [-0.2, 0) is 4.79 Å². The number of nitro groups is 1. The topological polar surface area (TPSA) is 135 Å². The van der Waals surface area contributed by atoms with Crippen LogP contribution >= 0.6 is 0 Å². The van der Waals surface area contributed by atoms with Gasteiger partial charge in [-0.25, -0.2) is 4.79 Å². The highest BCUT2D eigenvalue weighted by molar-refractivity contribution is 6.36. The minimum atomic E-state index is -1.11. The Kier molecular flexibility index (Phi) is 4.55. The zero-order valence-corrected chi connectivity index (χ0v) is 15.6. The number of nitro benzene ring substituents is 1. The molecule has 0 radical (unpaired) electrons. The number of nitrogens with zero attached hydrogens (tertiary/aromatic N) is 1. The van der Waals surface area contributed by atoms with Gasteiger partial charge in [0.05, 0.1) is 40.1 Å². The van der Waals surface area contributed by atoms with Gasteiger partial charge in [0, 0.05) is 17.8 Å². The maximum absolute atomic E-state index is 12.7. The molecule has 0 saturated heterocycles. The number of ether oxygens (including phenoxy) is 1. The molecule has 0 fully saturated rings. The third-order valence-electron chi connectivity index (χ3n) is 4.81. The molecule has 0 spiro atoms. The smallest absolute Gasteiger partial charge is 0.335 e. The maximum Gasteiger partial charge on any atom is 0.335 e. The van der Waals surface area contributed by atoms with E-state index in [1.807, 2.05) is 0 Å². The third kappa shape index (κ3) is 3.08. The second-order valence-corrected chi connectivity index (χ2v) is 6.49. The number of fused-ring (bicyclic) bond motifs is 1. The zero-order valence-electron chi connectivity index (χ0n) is 15.6. The Hall–Kier alpha value is -4.40. The predicted molar refractivity (Wildman–Crippen MR) is 109 cm³/mol. The summed E-state index contributed by atoms with van der Waals surface area (Å²) in [7, 11) is 1.49. The quantitative estimate of drug-likeness (QED) is 0.336. The SMILES string of the molecule is COc1cc[nH]c1/C=C1\C(=O)Nc2ccc([N+](=O)[O-])c(-c3ccc(C(=O)O)cc3)c21. The number of methoxy groups -OCH3 is 1. The number of carbonyl (C=O) groups is 2. The number of aromatic carboxylic acids is 1. The van der Waals surface area contributed by atoms with Gasteiger partial charge in [0.25, 0.3) is 11.6 Å². The van der Waals surface area contributed by atoms with Gasteiger partial charge in [0.1, 0.15) is 5.75 Å². The molecule has 1 amide bonds. The van der Waals surface area contributed by atoms with Crippen molar-refractivity contribution in [3.8, 4) is 16.9 Å². The van der Waals surface area contributed by atoms with Crippen LogP contribution in [-0.4, -0.2) is 34.0 Å². The van der Waals surface area contributed by atoms with E-state index < -0.39 is 16.8 Å². The van der Waals surface area contributed by atoms with E-state index in [2.05, 4.69) is 10.3 Å². The van der Waals surface area contributed by atoms with Gasteiger partial charge in [-0.1, -0.05) is 12.1 Å². The molecular formula is C21H15N3O6. The lowest BCUT2D eigenvalue weighted by Gasteiger charge is -2.10. The highest BCUT2D eigenvalue weighted by atomic mass is 16.6. The number of amides is 1. The Balaban J connectivity index is 1.97. The molecule has 0 saturated carbocycles. The van der Waals surface area contributed by atoms with E-state index in [0.717, 1.165) is 0 Å². The number of nitrogens with one attached hydrogen (secondary N) is 2. The molecule has 0 unspecified atom stereocenters. The lowest BCUT2D eigenvalue weighted by Crippen LogP contribution is -2.03. The molecule has 30 heavy (non-hydrogen) atoms. The Morgan fingerprint density at radius 1 is 1.13 bits per heavy atom. The van der Waals surface area contributed by atoms with Crippen LogP contribution in [0.4, 0.5) is 11.4 Å². The minimum absolute atomic E-state index is 0.0510. The van der Waals surface area contributed by atoms with Gasteiger partial charge < -0.3 is 20.1 Å². The molecular weight excluding hydrogens is 390 g/mol. The van der Waals surface area contributed by atoms with Crippen LogP contribution in [0.25, 0.3) is 22.8 Å². The highest BCUT2D eigenvalue weighted by Gasteiger charge is 2.33. The van der Waals surface area contributed by atoms with Crippen LogP contribution in [0.1, 0.15) is 21.6 Å². The standard InChI is InChI=1S/C21H15N3O6/c1-30-17-8-9-22-15(17)10-13-19-14(23-20(13)25)6-7-16(24(28)29)18(19)11-2-4-12(5-3-11)21(26)27/h2-10,22H,1H3,(H,23,25)(H,26,27)/b13-10-. The van der Waals surface area contributed by atoms with Gasteiger partial charge in [0.2, 0.25) is 0 Å². The Labute approximate surface area is 169 Å². The number of anilines is 1. The summed E-state index contributed by atoms with van der Waals surface area (Å²) in [6.07, 6.45) is 3.22. The summed E-state index contributed by atoms with van der Waals surface area (Å²) >= 11 is 0. The third-order valence-corrected chi connectivity index (χ3v) is 4.81. The van der Waals surface area contributed by atoms with Crippen molar-refractivity contribution in [2.45, 2.75) is 0 Å². The fourth-order valence-electron chi connectivity index (χ4n) is 3.44. The average Bonchev–Trinajstić information content (AvgIpc) is 3.31. The number of benzene rings is 2. The van der Waals surface area contributed by atoms with E-state index in [9.17, 15) is 19.7 Å². The number of H-pyrrole nitrogens is 1. The summed E-state index contributed by atoms with van der Waals surface area (Å²) in [5, 5.41) is 23.6.